The third-order valence-corrected chi connectivity index (χ3v) is 4.38. The van der Waals surface area contributed by atoms with Crippen LogP contribution >= 0.6 is 11.3 Å². The lowest BCUT2D eigenvalue weighted by atomic mass is 9.96. The zero-order chi connectivity index (χ0) is 18.2. The Morgan fingerprint density at radius 1 is 1.21 bits per heavy atom. The maximum absolute atomic E-state index is 12.2. The molecular formula is C17H28N2O4S. The van der Waals surface area contributed by atoms with Crippen LogP contribution in [0.4, 0.5) is 5.00 Å². The van der Waals surface area contributed by atoms with Crippen molar-refractivity contribution < 1.29 is 19.1 Å². The summed E-state index contributed by atoms with van der Waals surface area (Å²) >= 11 is 1.30. The van der Waals surface area contributed by atoms with Crippen LogP contribution in [0.2, 0.25) is 0 Å². The Balaban J connectivity index is 2.44. The lowest BCUT2D eigenvalue weighted by molar-refractivity contribution is -0.123. The summed E-state index contributed by atoms with van der Waals surface area (Å²) in [7, 11) is 1.63. The van der Waals surface area contributed by atoms with Gasteiger partial charge in [0, 0.05) is 25.7 Å². The van der Waals surface area contributed by atoms with Gasteiger partial charge >= 0.3 is 0 Å². The lowest BCUT2D eigenvalue weighted by Crippen LogP contribution is -2.27. The molecule has 24 heavy (non-hydrogen) atoms. The standard InChI is InChI=1S/C17H28N2O4S/c1-12-11-13(19-16(21)17(2,3)4)24-14(12)15(20)18-7-6-8-23-10-9-22-5/h11H,6-10H2,1-5H3,(H,18,20)(H,19,21). The highest BCUT2D eigenvalue weighted by Crippen LogP contribution is 2.28. The number of rotatable bonds is 9. The van der Waals surface area contributed by atoms with Crippen LogP contribution in [0.5, 0.6) is 0 Å². The van der Waals surface area contributed by atoms with E-state index in [0.29, 0.717) is 36.2 Å². The number of aryl methyl sites for hydroxylation is 1. The van der Waals surface area contributed by atoms with Crippen molar-refractivity contribution in [1.29, 1.82) is 0 Å². The summed E-state index contributed by atoms with van der Waals surface area (Å²) in [6.07, 6.45) is 0.744. The summed E-state index contributed by atoms with van der Waals surface area (Å²) in [6.45, 7) is 9.69. The van der Waals surface area contributed by atoms with Gasteiger partial charge in [-0.1, -0.05) is 20.8 Å². The molecule has 0 aliphatic carbocycles. The topological polar surface area (TPSA) is 76.7 Å². The highest BCUT2D eigenvalue weighted by atomic mass is 32.1. The second-order valence-electron chi connectivity index (χ2n) is 6.54. The molecule has 1 aromatic rings. The minimum absolute atomic E-state index is 0.0658. The molecule has 0 radical (unpaired) electrons. The fourth-order valence-corrected chi connectivity index (χ4v) is 2.75. The molecule has 0 aromatic carbocycles. The van der Waals surface area contributed by atoms with Crippen molar-refractivity contribution in [3.05, 3.63) is 16.5 Å². The summed E-state index contributed by atoms with van der Waals surface area (Å²) in [5, 5.41) is 6.43. The second kappa shape index (κ2) is 9.76. The van der Waals surface area contributed by atoms with Crippen molar-refractivity contribution in [3.8, 4) is 0 Å². The Bertz CT molecular complexity index is 549. The quantitative estimate of drug-likeness (QED) is 0.667. The van der Waals surface area contributed by atoms with Crippen molar-refractivity contribution in [2.75, 3.05) is 38.8 Å². The van der Waals surface area contributed by atoms with Gasteiger partial charge in [-0.2, -0.15) is 0 Å². The highest BCUT2D eigenvalue weighted by molar-refractivity contribution is 7.18. The molecule has 1 aromatic heterocycles. The van der Waals surface area contributed by atoms with E-state index >= 15 is 0 Å². The highest BCUT2D eigenvalue weighted by Gasteiger charge is 2.22. The Labute approximate surface area is 147 Å². The smallest absolute Gasteiger partial charge is 0.261 e. The summed E-state index contributed by atoms with van der Waals surface area (Å²) in [6, 6.07) is 1.83. The number of hydrogen-bond acceptors (Lipinski definition) is 5. The van der Waals surface area contributed by atoms with Gasteiger partial charge in [-0.05, 0) is 25.0 Å². The summed E-state index contributed by atoms with van der Waals surface area (Å²) < 4.78 is 10.2. The molecule has 7 heteroatoms. The van der Waals surface area contributed by atoms with Gasteiger partial charge in [0.15, 0.2) is 0 Å². The van der Waals surface area contributed by atoms with Crippen LogP contribution in [0, 0.1) is 12.3 Å². The van der Waals surface area contributed by atoms with Gasteiger partial charge in [0.25, 0.3) is 5.91 Å². The molecule has 2 amide bonds. The van der Waals surface area contributed by atoms with Crippen LogP contribution in [0.25, 0.3) is 0 Å². The van der Waals surface area contributed by atoms with Gasteiger partial charge < -0.3 is 20.1 Å². The molecule has 0 saturated heterocycles. The van der Waals surface area contributed by atoms with E-state index in [2.05, 4.69) is 10.6 Å². The van der Waals surface area contributed by atoms with E-state index in [1.54, 1.807) is 7.11 Å². The second-order valence-corrected chi connectivity index (χ2v) is 7.59. The van der Waals surface area contributed by atoms with Gasteiger partial charge in [0.1, 0.15) is 0 Å². The number of ether oxygens (including phenoxy) is 2. The number of amides is 2. The normalized spacial score (nSPS) is 11.4. The number of anilines is 1. The monoisotopic (exact) mass is 356 g/mol. The van der Waals surface area contributed by atoms with Crippen LogP contribution in [-0.4, -0.2) is 45.3 Å². The number of hydrogen-bond donors (Lipinski definition) is 2. The van der Waals surface area contributed by atoms with E-state index in [9.17, 15) is 9.59 Å². The number of carbonyl (C=O) groups excluding carboxylic acids is 2. The molecule has 2 N–H and O–H groups in total. The van der Waals surface area contributed by atoms with Crippen LogP contribution in [0.3, 0.4) is 0 Å². The maximum atomic E-state index is 12.2. The summed E-state index contributed by atoms with van der Waals surface area (Å²) in [5.41, 5.74) is 0.390. The van der Waals surface area contributed by atoms with Gasteiger partial charge in [-0.25, -0.2) is 0 Å². The predicted octanol–water partition coefficient (Wildman–Crippen LogP) is 2.82. The molecule has 1 heterocycles. The van der Waals surface area contributed by atoms with Gasteiger partial charge in [-0.3, -0.25) is 9.59 Å². The van der Waals surface area contributed by atoms with Gasteiger partial charge in [0.05, 0.1) is 23.1 Å². The predicted molar refractivity (Wildman–Crippen MR) is 96.8 cm³/mol. The molecule has 1 rings (SSSR count). The molecule has 0 saturated carbocycles. The Morgan fingerprint density at radius 3 is 2.54 bits per heavy atom. The largest absolute Gasteiger partial charge is 0.382 e. The van der Waals surface area contributed by atoms with Crippen molar-refractivity contribution in [1.82, 2.24) is 5.32 Å². The minimum Gasteiger partial charge on any atom is -0.382 e. The van der Waals surface area contributed by atoms with E-state index in [-0.39, 0.29) is 11.8 Å². The van der Waals surface area contributed by atoms with Crippen LogP contribution < -0.4 is 10.6 Å². The number of methoxy groups -OCH3 is 1. The minimum atomic E-state index is -0.469. The Morgan fingerprint density at radius 2 is 1.92 bits per heavy atom. The fourth-order valence-electron chi connectivity index (χ4n) is 1.77. The first-order valence-corrected chi connectivity index (χ1v) is 8.84. The first-order chi connectivity index (χ1) is 11.3. The van der Waals surface area contributed by atoms with E-state index < -0.39 is 5.41 Å². The number of nitrogens with one attached hydrogen (secondary N) is 2. The summed E-state index contributed by atoms with van der Waals surface area (Å²) in [5.74, 6) is -0.186. The average molecular weight is 356 g/mol. The van der Waals surface area contributed by atoms with E-state index in [1.165, 1.54) is 11.3 Å². The lowest BCUT2D eigenvalue weighted by Gasteiger charge is -2.16. The van der Waals surface area contributed by atoms with E-state index in [0.717, 1.165) is 12.0 Å². The number of thiophene rings is 1. The van der Waals surface area contributed by atoms with Crippen LogP contribution in [0.1, 0.15) is 42.4 Å². The van der Waals surface area contributed by atoms with Gasteiger partial charge in [-0.15, -0.1) is 11.3 Å². The fraction of sp³-hybridized carbons (Fsp3) is 0.647. The molecule has 6 nitrogen and oxygen atoms in total. The van der Waals surface area contributed by atoms with Crippen molar-refractivity contribution in [3.63, 3.8) is 0 Å². The van der Waals surface area contributed by atoms with Crippen molar-refractivity contribution >= 4 is 28.2 Å². The van der Waals surface area contributed by atoms with Gasteiger partial charge in [0.2, 0.25) is 5.91 Å². The van der Waals surface area contributed by atoms with Crippen LogP contribution in [-0.2, 0) is 14.3 Å². The maximum Gasteiger partial charge on any atom is 0.261 e. The SMILES string of the molecule is COCCOCCCNC(=O)c1sc(NC(=O)C(C)(C)C)cc1C. The molecule has 136 valence electrons. The van der Waals surface area contributed by atoms with E-state index in [4.69, 9.17) is 9.47 Å². The average Bonchev–Trinajstić information content (AvgIpc) is 2.85. The van der Waals surface area contributed by atoms with Crippen molar-refractivity contribution in [2.45, 2.75) is 34.1 Å². The molecule has 0 spiro atoms. The third kappa shape index (κ3) is 6.98. The molecule has 0 aliphatic rings. The first kappa shape index (κ1) is 20.6. The molecule has 0 fully saturated rings. The molecule has 0 atom stereocenters. The first-order valence-electron chi connectivity index (χ1n) is 8.02. The Kier molecular flexibility index (Phi) is 8.38. The molecule has 0 unspecified atom stereocenters. The van der Waals surface area contributed by atoms with E-state index in [1.807, 2.05) is 33.8 Å². The molecule has 0 bridgehead atoms. The van der Waals surface area contributed by atoms with Crippen LogP contribution in [0.15, 0.2) is 6.07 Å². The zero-order valence-electron chi connectivity index (χ0n) is 15.2. The molecule has 0 aliphatic heterocycles. The third-order valence-electron chi connectivity index (χ3n) is 3.22. The Hall–Kier alpha value is -1.44. The molecular weight excluding hydrogens is 328 g/mol. The summed E-state index contributed by atoms with van der Waals surface area (Å²) in [4.78, 5) is 24.9. The van der Waals surface area contributed by atoms with Crippen molar-refractivity contribution in [2.24, 2.45) is 5.41 Å². The number of carbonyl (C=O) groups is 2. The zero-order valence-corrected chi connectivity index (χ0v) is 16.0.